The Morgan fingerprint density at radius 2 is 1.30 bits per heavy atom. The molecular formula is C18H22N2. The number of nitrogens with zero attached hydrogens (tertiary/aromatic N) is 2. The molecule has 0 aliphatic heterocycles. The van der Waals surface area contributed by atoms with Crippen LogP contribution in [-0.2, 0) is 0 Å². The Morgan fingerprint density at radius 1 is 0.750 bits per heavy atom. The van der Waals surface area contributed by atoms with E-state index in [4.69, 9.17) is 0 Å². The van der Waals surface area contributed by atoms with E-state index in [9.17, 15) is 0 Å². The van der Waals surface area contributed by atoms with Crippen molar-refractivity contribution >= 4 is 0 Å². The summed E-state index contributed by atoms with van der Waals surface area (Å²) in [6, 6.07) is 9.04. The number of aryl methyl sites for hydroxylation is 2. The topological polar surface area (TPSA) is 25.8 Å². The summed E-state index contributed by atoms with van der Waals surface area (Å²) in [6.07, 6.45) is 8.81. The molecule has 1 fully saturated rings. The van der Waals surface area contributed by atoms with E-state index in [1.807, 2.05) is 19.3 Å². The normalized spacial score (nSPS) is 22.7. The molecule has 1 aliphatic rings. The largest absolute Gasteiger partial charge is 0.241 e. The molecule has 1 aliphatic carbocycles. The van der Waals surface area contributed by atoms with Crippen LogP contribution in [0.3, 0.4) is 0 Å². The van der Waals surface area contributed by atoms with Crippen molar-refractivity contribution in [2.45, 2.75) is 51.4 Å². The van der Waals surface area contributed by atoms with Gasteiger partial charge in [-0.25, -0.2) is 9.97 Å². The van der Waals surface area contributed by atoms with E-state index in [2.05, 4.69) is 41.2 Å². The molecule has 2 heteroatoms. The van der Waals surface area contributed by atoms with Crippen molar-refractivity contribution in [3.63, 3.8) is 0 Å². The summed E-state index contributed by atoms with van der Waals surface area (Å²) in [5.41, 5.74) is 3.98. The van der Waals surface area contributed by atoms with Crippen molar-refractivity contribution in [3.05, 3.63) is 59.2 Å². The summed E-state index contributed by atoms with van der Waals surface area (Å²) in [6.45, 7) is 4.19. The van der Waals surface area contributed by atoms with Crippen LogP contribution in [0.4, 0.5) is 0 Å². The lowest BCUT2D eigenvalue weighted by molar-refractivity contribution is 0.385. The van der Waals surface area contributed by atoms with Crippen molar-refractivity contribution in [3.8, 4) is 0 Å². The zero-order valence-corrected chi connectivity index (χ0v) is 12.3. The molecular weight excluding hydrogens is 244 g/mol. The van der Waals surface area contributed by atoms with Crippen LogP contribution in [0.15, 0.2) is 36.7 Å². The Balaban J connectivity index is 1.64. The third-order valence-corrected chi connectivity index (χ3v) is 4.44. The quantitative estimate of drug-likeness (QED) is 0.797. The summed E-state index contributed by atoms with van der Waals surface area (Å²) >= 11 is 0. The van der Waals surface area contributed by atoms with Gasteiger partial charge in [-0.2, -0.15) is 0 Å². The highest BCUT2D eigenvalue weighted by Crippen LogP contribution is 2.39. The van der Waals surface area contributed by atoms with Gasteiger partial charge in [-0.1, -0.05) is 29.8 Å². The lowest BCUT2D eigenvalue weighted by atomic mass is 9.78. The number of hydrogen-bond donors (Lipinski definition) is 0. The van der Waals surface area contributed by atoms with E-state index < -0.39 is 0 Å². The van der Waals surface area contributed by atoms with Gasteiger partial charge in [-0.05, 0) is 56.6 Å². The fourth-order valence-corrected chi connectivity index (χ4v) is 3.14. The lowest BCUT2D eigenvalue weighted by Crippen LogP contribution is -2.14. The third-order valence-electron chi connectivity index (χ3n) is 4.44. The van der Waals surface area contributed by atoms with E-state index >= 15 is 0 Å². The SMILES string of the molecule is Cc1ccc(C2CCC(c3ncc(C)cn3)CC2)cc1. The van der Waals surface area contributed by atoms with Crippen LogP contribution in [0.25, 0.3) is 0 Å². The maximum absolute atomic E-state index is 4.50. The smallest absolute Gasteiger partial charge is 0.131 e. The average Bonchev–Trinajstić information content (AvgIpc) is 2.49. The van der Waals surface area contributed by atoms with Crippen LogP contribution >= 0.6 is 0 Å². The maximum Gasteiger partial charge on any atom is 0.131 e. The first-order valence-electron chi connectivity index (χ1n) is 7.57. The van der Waals surface area contributed by atoms with Gasteiger partial charge in [0.1, 0.15) is 5.82 Å². The molecule has 0 atom stereocenters. The molecule has 2 nitrogen and oxygen atoms in total. The van der Waals surface area contributed by atoms with E-state index in [-0.39, 0.29) is 0 Å². The minimum absolute atomic E-state index is 0.553. The first kappa shape index (κ1) is 13.3. The molecule has 0 spiro atoms. The molecule has 104 valence electrons. The second-order valence-electron chi connectivity index (χ2n) is 6.08. The van der Waals surface area contributed by atoms with Crippen molar-refractivity contribution in [2.75, 3.05) is 0 Å². The first-order valence-corrected chi connectivity index (χ1v) is 7.57. The van der Waals surface area contributed by atoms with Gasteiger partial charge in [0.15, 0.2) is 0 Å². The molecule has 1 aromatic heterocycles. The van der Waals surface area contributed by atoms with Gasteiger partial charge in [0, 0.05) is 18.3 Å². The number of benzene rings is 1. The molecule has 2 aromatic rings. The molecule has 0 radical (unpaired) electrons. The van der Waals surface area contributed by atoms with Gasteiger partial charge in [-0.3, -0.25) is 0 Å². The molecule has 0 saturated heterocycles. The fourth-order valence-electron chi connectivity index (χ4n) is 3.14. The van der Waals surface area contributed by atoms with Crippen molar-refractivity contribution in [1.29, 1.82) is 0 Å². The summed E-state index contributed by atoms with van der Waals surface area (Å²) in [4.78, 5) is 9.00. The zero-order valence-electron chi connectivity index (χ0n) is 12.3. The highest BCUT2D eigenvalue weighted by atomic mass is 14.9. The lowest BCUT2D eigenvalue weighted by Gasteiger charge is -2.28. The Kier molecular flexibility index (Phi) is 3.81. The summed E-state index contributed by atoms with van der Waals surface area (Å²) in [5.74, 6) is 2.31. The van der Waals surface area contributed by atoms with Gasteiger partial charge in [0.2, 0.25) is 0 Å². The van der Waals surface area contributed by atoms with Gasteiger partial charge in [0.05, 0.1) is 0 Å². The highest BCUT2D eigenvalue weighted by Gasteiger charge is 2.24. The predicted molar refractivity (Wildman–Crippen MR) is 81.9 cm³/mol. The predicted octanol–water partition coefficient (Wildman–Crippen LogP) is 4.53. The third kappa shape index (κ3) is 2.90. The Labute approximate surface area is 121 Å². The zero-order chi connectivity index (χ0) is 13.9. The van der Waals surface area contributed by atoms with Crippen LogP contribution in [0.2, 0.25) is 0 Å². The second-order valence-corrected chi connectivity index (χ2v) is 6.08. The van der Waals surface area contributed by atoms with Gasteiger partial charge < -0.3 is 0 Å². The molecule has 0 unspecified atom stereocenters. The van der Waals surface area contributed by atoms with Gasteiger partial charge in [-0.15, -0.1) is 0 Å². The minimum Gasteiger partial charge on any atom is -0.241 e. The van der Waals surface area contributed by atoms with E-state index in [0.29, 0.717) is 5.92 Å². The Bertz CT molecular complexity index is 495. The minimum atomic E-state index is 0.553. The summed E-state index contributed by atoms with van der Waals surface area (Å²) in [7, 11) is 0. The second kappa shape index (κ2) is 5.74. The molecule has 1 saturated carbocycles. The number of rotatable bonds is 2. The van der Waals surface area contributed by atoms with Crippen LogP contribution in [-0.4, -0.2) is 9.97 Å². The summed E-state index contributed by atoms with van der Waals surface area (Å²) in [5, 5.41) is 0. The van der Waals surface area contributed by atoms with Crippen molar-refractivity contribution < 1.29 is 0 Å². The molecule has 20 heavy (non-hydrogen) atoms. The van der Waals surface area contributed by atoms with Gasteiger partial charge in [0.25, 0.3) is 0 Å². The van der Waals surface area contributed by atoms with E-state index in [1.165, 1.54) is 36.8 Å². The summed E-state index contributed by atoms with van der Waals surface area (Å²) < 4.78 is 0. The van der Waals surface area contributed by atoms with Crippen molar-refractivity contribution in [1.82, 2.24) is 9.97 Å². The number of aromatic nitrogens is 2. The van der Waals surface area contributed by atoms with Crippen LogP contribution < -0.4 is 0 Å². The molecule has 3 rings (SSSR count). The van der Waals surface area contributed by atoms with Crippen LogP contribution in [0, 0.1) is 13.8 Å². The maximum atomic E-state index is 4.50. The molecule has 0 bridgehead atoms. The van der Waals surface area contributed by atoms with E-state index in [0.717, 1.165) is 17.3 Å². The Morgan fingerprint density at radius 3 is 1.90 bits per heavy atom. The first-order chi connectivity index (χ1) is 9.72. The molecule has 0 amide bonds. The highest BCUT2D eigenvalue weighted by molar-refractivity contribution is 5.25. The average molecular weight is 266 g/mol. The monoisotopic (exact) mass is 266 g/mol. The number of hydrogen-bond acceptors (Lipinski definition) is 2. The standard InChI is InChI=1S/C18H22N2/c1-13-3-5-15(6-4-13)16-7-9-17(10-8-16)18-19-11-14(2)12-20-18/h3-6,11-12,16-17H,7-10H2,1-2H3. The van der Waals surface area contributed by atoms with E-state index in [1.54, 1.807) is 0 Å². The Hall–Kier alpha value is -1.70. The van der Waals surface area contributed by atoms with Crippen LogP contribution in [0.1, 0.15) is 60.0 Å². The molecule has 1 aromatic carbocycles. The van der Waals surface area contributed by atoms with Crippen LogP contribution in [0.5, 0.6) is 0 Å². The van der Waals surface area contributed by atoms with Crippen molar-refractivity contribution in [2.24, 2.45) is 0 Å². The molecule has 1 heterocycles. The molecule has 0 N–H and O–H groups in total. The van der Waals surface area contributed by atoms with Gasteiger partial charge >= 0.3 is 0 Å². The fraction of sp³-hybridized carbons (Fsp3) is 0.444.